The highest BCUT2D eigenvalue weighted by molar-refractivity contribution is 6.31. The fraction of sp³-hybridized carbons (Fsp3) is 0.286. The summed E-state index contributed by atoms with van der Waals surface area (Å²) in [5, 5.41) is 15.7. The van der Waals surface area contributed by atoms with Gasteiger partial charge in [-0.05, 0) is 41.1 Å². The van der Waals surface area contributed by atoms with Crippen molar-refractivity contribution in [3.63, 3.8) is 0 Å². The maximum Gasteiger partial charge on any atom is 0.225 e. The number of nitrogens with one attached hydrogen (secondary N) is 2. The lowest BCUT2D eigenvalue weighted by molar-refractivity contribution is -0.121. The maximum atomic E-state index is 12.2. The molecule has 0 saturated carbocycles. The number of aryl methyl sites for hydroxylation is 1. The van der Waals surface area contributed by atoms with Crippen LogP contribution in [0.3, 0.4) is 0 Å². The Morgan fingerprint density at radius 1 is 1.50 bits per heavy atom. The first-order valence-electron chi connectivity index (χ1n) is 6.81. The Kier molecular flexibility index (Phi) is 3.81. The van der Waals surface area contributed by atoms with E-state index in [9.17, 15) is 4.79 Å². The van der Waals surface area contributed by atoms with Crippen molar-refractivity contribution in [3.8, 4) is 0 Å². The fourth-order valence-electron chi connectivity index (χ4n) is 2.43. The lowest BCUT2D eigenvalue weighted by Crippen LogP contribution is -2.29. The zero-order chi connectivity index (χ0) is 15.7. The van der Waals surface area contributed by atoms with Gasteiger partial charge in [-0.25, -0.2) is 4.68 Å². The monoisotopic (exact) mass is 318 g/mol. The molecular formula is C14H15ClN6O. The number of nitrogens with zero attached hydrogens (tertiary/aromatic N) is 4. The second kappa shape index (κ2) is 5.76. The van der Waals surface area contributed by atoms with Crippen LogP contribution in [0.1, 0.15) is 24.4 Å². The summed E-state index contributed by atoms with van der Waals surface area (Å²) < 4.78 is 1.54. The zero-order valence-electron chi connectivity index (χ0n) is 12.2. The molecule has 2 N–H and O–H groups in total. The Balaban J connectivity index is 1.73. The molecule has 22 heavy (non-hydrogen) atoms. The average Bonchev–Trinajstić information content (AvgIpc) is 3.05. The SMILES string of the molecule is C[C@H](NC(=O)Cc1c[nH]c2ccc(Cl)cc12)c1nnnn1C. The first-order valence-corrected chi connectivity index (χ1v) is 7.19. The fourth-order valence-corrected chi connectivity index (χ4v) is 2.60. The van der Waals surface area contributed by atoms with E-state index in [-0.39, 0.29) is 18.4 Å². The Morgan fingerprint density at radius 3 is 3.05 bits per heavy atom. The van der Waals surface area contributed by atoms with Gasteiger partial charge >= 0.3 is 0 Å². The minimum Gasteiger partial charge on any atom is -0.361 e. The molecule has 1 aromatic carbocycles. The van der Waals surface area contributed by atoms with Crippen LogP contribution >= 0.6 is 11.6 Å². The molecule has 0 spiro atoms. The first kappa shape index (κ1) is 14.5. The molecule has 2 heterocycles. The van der Waals surface area contributed by atoms with Crippen molar-refractivity contribution < 1.29 is 4.79 Å². The van der Waals surface area contributed by atoms with E-state index in [1.807, 2.05) is 31.3 Å². The van der Waals surface area contributed by atoms with Crippen molar-refractivity contribution in [1.82, 2.24) is 30.5 Å². The van der Waals surface area contributed by atoms with Gasteiger partial charge in [0.15, 0.2) is 5.82 Å². The molecule has 114 valence electrons. The number of hydrogen-bond donors (Lipinski definition) is 2. The number of H-pyrrole nitrogens is 1. The predicted octanol–water partition coefficient (Wildman–Crippen LogP) is 1.76. The lowest BCUT2D eigenvalue weighted by Gasteiger charge is -2.11. The number of amides is 1. The highest BCUT2D eigenvalue weighted by atomic mass is 35.5. The minimum absolute atomic E-state index is 0.101. The van der Waals surface area contributed by atoms with Gasteiger partial charge in [-0.3, -0.25) is 4.79 Å². The van der Waals surface area contributed by atoms with Crippen LogP contribution in [0.25, 0.3) is 10.9 Å². The number of hydrogen-bond acceptors (Lipinski definition) is 4. The Hall–Kier alpha value is -2.41. The van der Waals surface area contributed by atoms with Gasteiger partial charge < -0.3 is 10.3 Å². The van der Waals surface area contributed by atoms with Crippen molar-refractivity contribution >= 4 is 28.4 Å². The summed E-state index contributed by atoms with van der Waals surface area (Å²) in [5.41, 5.74) is 1.86. The molecule has 0 bridgehead atoms. The number of benzene rings is 1. The number of fused-ring (bicyclic) bond motifs is 1. The van der Waals surface area contributed by atoms with Crippen LogP contribution in [0.15, 0.2) is 24.4 Å². The Labute approximate surface area is 131 Å². The molecule has 1 amide bonds. The zero-order valence-corrected chi connectivity index (χ0v) is 12.9. The van der Waals surface area contributed by atoms with Gasteiger partial charge in [0.25, 0.3) is 0 Å². The third-order valence-corrected chi connectivity index (χ3v) is 3.73. The summed E-state index contributed by atoms with van der Waals surface area (Å²) in [7, 11) is 1.74. The van der Waals surface area contributed by atoms with Crippen LogP contribution in [0.4, 0.5) is 0 Å². The van der Waals surface area contributed by atoms with Gasteiger partial charge in [-0.15, -0.1) is 5.10 Å². The summed E-state index contributed by atoms with van der Waals surface area (Å²) in [6.07, 6.45) is 2.09. The smallest absolute Gasteiger partial charge is 0.225 e. The number of halogens is 1. The van der Waals surface area contributed by atoms with Crippen LogP contribution in [0, 0.1) is 0 Å². The number of aromatic nitrogens is 5. The lowest BCUT2D eigenvalue weighted by atomic mass is 10.1. The van der Waals surface area contributed by atoms with Gasteiger partial charge in [0, 0.05) is 29.2 Å². The standard InChI is InChI=1S/C14H15ClN6O/c1-8(14-18-19-20-21(14)2)17-13(22)5-9-7-16-12-4-3-10(15)6-11(9)12/h3-4,6-8,16H,5H2,1-2H3,(H,17,22)/t8-/m0/s1. The maximum absolute atomic E-state index is 12.2. The van der Waals surface area contributed by atoms with Gasteiger partial charge in [-0.1, -0.05) is 11.6 Å². The molecule has 0 aliphatic rings. The largest absolute Gasteiger partial charge is 0.361 e. The molecule has 0 aliphatic heterocycles. The molecule has 2 aromatic heterocycles. The van der Waals surface area contributed by atoms with Crippen molar-refractivity contribution in [1.29, 1.82) is 0 Å². The summed E-state index contributed by atoms with van der Waals surface area (Å²) in [6, 6.07) is 5.30. The molecule has 1 atom stereocenters. The summed E-state index contributed by atoms with van der Waals surface area (Å²) in [5.74, 6) is 0.506. The van der Waals surface area contributed by atoms with Crippen molar-refractivity contribution in [3.05, 3.63) is 40.8 Å². The van der Waals surface area contributed by atoms with Crippen LogP contribution in [-0.4, -0.2) is 31.1 Å². The number of tetrazole rings is 1. The minimum atomic E-state index is -0.263. The van der Waals surface area contributed by atoms with Gasteiger partial charge in [-0.2, -0.15) is 0 Å². The molecule has 3 rings (SSSR count). The van der Waals surface area contributed by atoms with Crippen LogP contribution in [-0.2, 0) is 18.3 Å². The number of carbonyl (C=O) groups is 1. The second-order valence-corrected chi connectivity index (χ2v) is 5.57. The molecule has 0 aliphatic carbocycles. The second-order valence-electron chi connectivity index (χ2n) is 5.13. The highest BCUT2D eigenvalue weighted by Gasteiger charge is 2.16. The number of aromatic amines is 1. The quantitative estimate of drug-likeness (QED) is 0.767. The Morgan fingerprint density at radius 2 is 2.32 bits per heavy atom. The molecule has 0 saturated heterocycles. The third kappa shape index (κ3) is 2.80. The van der Waals surface area contributed by atoms with Crippen molar-refractivity contribution in [2.45, 2.75) is 19.4 Å². The molecule has 8 heteroatoms. The average molecular weight is 319 g/mol. The van der Waals surface area contributed by atoms with Crippen molar-refractivity contribution in [2.75, 3.05) is 0 Å². The predicted molar refractivity (Wildman–Crippen MR) is 82.4 cm³/mol. The number of carbonyl (C=O) groups excluding carboxylic acids is 1. The topological polar surface area (TPSA) is 88.5 Å². The van der Waals surface area contributed by atoms with E-state index in [2.05, 4.69) is 25.8 Å². The van der Waals surface area contributed by atoms with E-state index >= 15 is 0 Å². The highest BCUT2D eigenvalue weighted by Crippen LogP contribution is 2.22. The molecular weight excluding hydrogens is 304 g/mol. The normalized spacial score (nSPS) is 12.5. The van der Waals surface area contributed by atoms with Gasteiger partial charge in [0.1, 0.15) is 0 Å². The molecule has 0 radical (unpaired) electrons. The Bertz CT molecular complexity index is 824. The van der Waals surface area contributed by atoms with E-state index in [1.54, 1.807) is 7.05 Å². The summed E-state index contributed by atoms with van der Waals surface area (Å²) in [4.78, 5) is 15.4. The van der Waals surface area contributed by atoms with E-state index < -0.39 is 0 Å². The summed E-state index contributed by atoms with van der Waals surface area (Å²) >= 11 is 6.01. The molecule has 0 unspecified atom stereocenters. The van der Waals surface area contributed by atoms with Crippen LogP contribution < -0.4 is 5.32 Å². The van der Waals surface area contributed by atoms with Gasteiger partial charge in [0.2, 0.25) is 5.91 Å². The van der Waals surface area contributed by atoms with E-state index in [4.69, 9.17) is 11.6 Å². The van der Waals surface area contributed by atoms with E-state index in [0.717, 1.165) is 16.5 Å². The van der Waals surface area contributed by atoms with Crippen LogP contribution in [0.5, 0.6) is 0 Å². The molecule has 3 aromatic rings. The van der Waals surface area contributed by atoms with Gasteiger partial charge in [0.05, 0.1) is 12.5 Å². The molecule has 7 nitrogen and oxygen atoms in total. The van der Waals surface area contributed by atoms with Crippen molar-refractivity contribution in [2.24, 2.45) is 7.05 Å². The van der Waals surface area contributed by atoms with E-state index in [1.165, 1.54) is 4.68 Å². The molecule has 0 fully saturated rings. The summed E-state index contributed by atoms with van der Waals surface area (Å²) in [6.45, 7) is 1.84. The third-order valence-electron chi connectivity index (χ3n) is 3.50. The number of rotatable bonds is 4. The van der Waals surface area contributed by atoms with E-state index in [0.29, 0.717) is 10.8 Å². The first-order chi connectivity index (χ1) is 10.5. The van der Waals surface area contributed by atoms with Crippen LogP contribution in [0.2, 0.25) is 5.02 Å².